The molecule has 2 aliphatic carbocycles. The number of carbonyl (C=O) groups is 5. The van der Waals surface area contributed by atoms with E-state index in [1.54, 1.807) is 32.9 Å². The van der Waals surface area contributed by atoms with Gasteiger partial charge in [-0.05, 0) is 70.4 Å². The van der Waals surface area contributed by atoms with Crippen LogP contribution in [0.25, 0.3) is 0 Å². The van der Waals surface area contributed by atoms with E-state index in [0.717, 1.165) is 0 Å². The van der Waals surface area contributed by atoms with Crippen LogP contribution in [-0.2, 0) is 51.7 Å². The first kappa shape index (κ1) is 36.8. The smallest absolute Gasteiger partial charge is 0.410 e. The predicted octanol–water partition coefficient (Wildman–Crippen LogP) is 2.21. The Labute approximate surface area is 296 Å². The van der Waals surface area contributed by atoms with Gasteiger partial charge in [0.05, 0.1) is 18.3 Å². The lowest BCUT2D eigenvalue weighted by Crippen LogP contribution is -2.58. The Balaban J connectivity index is 1.24. The Morgan fingerprint density at radius 1 is 1.06 bits per heavy atom. The second-order valence-electron chi connectivity index (χ2n) is 15.1. The van der Waals surface area contributed by atoms with Gasteiger partial charge in [-0.25, -0.2) is 22.4 Å². The highest BCUT2D eigenvalue weighted by Crippen LogP contribution is 2.48. The number of nitrogens with one attached hydrogen (secondary N) is 3. The van der Waals surface area contributed by atoms with Crippen LogP contribution in [0.2, 0.25) is 0 Å². The summed E-state index contributed by atoms with van der Waals surface area (Å²) in [5, 5.41) is 4.74. The third-order valence-electron chi connectivity index (χ3n) is 9.99. The minimum absolute atomic E-state index is 0.00914. The van der Waals surface area contributed by atoms with E-state index in [4.69, 9.17) is 14.2 Å². The van der Waals surface area contributed by atoms with Crippen molar-refractivity contribution in [3.05, 3.63) is 35.1 Å². The van der Waals surface area contributed by atoms with Gasteiger partial charge in [-0.1, -0.05) is 18.6 Å². The Morgan fingerprint density at radius 2 is 1.82 bits per heavy atom. The number of hydrogen-bond donors (Lipinski definition) is 3. The fraction of sp³-hybridized carbons (Fsp3) is 0.676. The molecule has 3 heterocycles. The molecular formula is C34H46FN5O10S. The Kier molecular flexibility index (Phi) is 10.2. The van der Waals surface area contributed by atoms with Gasteiger partial charge < -0.3 is 29.7 Å². The molecular weight excluding hydrogens is 689 g/mol. The van der Waals surface area contributed by atoms with Crippen molar-refractivity contribution < 1.29 is 51.0 Å². The number of rotatable bonds is 5. The molecule has 0 aromatic heterocycles. The van der Waals surface area contributed by atoms with Gasteiger partial charge in [-0.3, -0.25) is 24.0 Å². The Morgan fingerprint density at radius 3 is 2.53 bits per heavy atom. The molecule has 51 heavy (non-hydrogen) atoms. The van der Waals surface area contributed by atoms with E-state index in [0.29, 0.717) is 49.8 Å². The minimum Gasteiger partial charge on any atom is -0.444 e. The van der Waals surface area contributed by atoms with Gasteiger partial charge in [0.15, 0.2) is 0 Å². The molecule has 5 amide bonds. The summed E-state index contributed by atoms with van der Waals surface area (Å²) in [7, 11) is -3.91. The Bertz CT molecular complexity index is 1680. The zero-order valence-corrected chi connectivity index (χ0v) is 29.9. The van der Waals surface area contributed by atoms with E-state index < -0.39 is 80.3 Å². The third kappa shape index (κ3) is 8.40. The lowest BCUT2D eigenvalue weighted by molar-refractivity contribution is -0.141. The minimum atomic E-state index is -3.91. The summed E-state index contributed by atoms with van der Waals surface area (Å²) in [6.45, 7) is 5.37. The number of sulfonamides is 1. The van der Waals surface area contributed by atoms with Gasteiger partial charge >= 0.3 is 12.2 Å². The lowest BCUT2D eigenvalue weighted by atomic mass is 10.1. The molecule has 15 nitrogen and oxygen atoms in total. The third-order valence-corrected chi connectivity index (χ3v) is 11.8. The van der Waals surface area contributed by atoms with Crippen LogP contribution in [0.4, 0.5) is 14.0 Å². The molecule has 0 radical (unpaired) electrons. The van der Waals surface area contributed by atoms with Gasteiger partial charge in [0.2, 0.25) is 21.8 Å². The fourth-order valence-electron chi connectivity index (χ4n) is 7.06. The molecule has 1 aromatic rings. The highest BCUT2D eigenvalue weighted by molar-refractivity contribution is 7.91. The summed E-state index contributed by atoms with van der Waals surface area (Å²) < 4.78 is 59.0. The van der Waals surface area contributed by atoms with Crippen molar-refractivity contribution in [2.75, 3.05) is 19.8 Å². The number of amides is 5. The number of hydrogen-bond acceptors (Lipinski definition) is 10. The van der Waals surface area contributed by atoms with E-state index >= 15 is 0 Å². The van der Waals surface area contributed by atoms with Gasteiger partial charge in [0, 0.05) is 38.2 Å². The van der Waals surface area contributed by atoms with Crippen molar-refractivity contribution in [3.63, 3.8) is 0 Å². The first-order valence-corrected chi connectivity index (χ1v) is 19.1. The van der Waals surface area contributed by atoms with Crippen molar-refractivity contribution >= 4 is 39.9 Å². The molecule has 0 unspecified atom stereocenters. The quantitative estimate of drug-likeness (QED) is 0.405. The molecule has 0 spiro atoms. The first-order chi connectivity index (χ1) is 24.1. The van der Waals surface area contributed by atoms with Crippen LogP contribution in [0.1, 0.15) is 83.3 Å². The summed E-state index contributed by atoms with van der Waals surface area (Å²) in [6, 6.07) is 2.16. The van der Waals surface area contributed by atoms with Crippen LogP contribution in [0.3, 0.4) is 0 Å². The largest absolute Gasteiger partial charge is 0.444 e. The van der Waals surface area contributed by atoms with E-state index in [2.05, 4.69) is 15.4 Å². The number of alkyl carbamates (subject to hydrolysis) is 1. The van der Waals surface area contributed by atoms with Crippen molar-refractivity contribution in [1.82, 2.24) is 25.2 Å². The molecule has 3 N–H and O–H groups in total. The van der Waals surface area contributed by atoms with Crippen LogP contribution in [0.15, 0.2) is 18.2 Å². The topological polar surface area (TPSA) is 190 Å². The molecule has 4 fully saturated rings. The van der Waals surface area contributed by atoms with Crippen molar-refractivity contribution in [2.24, 2.45) is 5.92 Å². The number of benzene rings is 1. The SMILES string of the molecule is CC(C)(C)OC(=O)N[C@@H]1CCOCCCC[C@@H]2C[C@@]2(C(=O)NS(=O)(=O)C2CC2)NC(=O)[C@@H]2C[C@@H](OC(=O)N3Cc4cccc(F)c4C3)CN2C1=O. The summed E-state index contributed by atoms with van der Waals surface area (Å²) in [6.07, 6.45) is 0.216. The van der Waals surface area contributed by atoms with E-state index in [-0.39, 0.29) is 51.4 Å². The van der Waals surface area contributed by atoms with Crippen molar-refractivity contribution in [3.8, 4) is 0 Å². The normalized spacial score (nSPS) is 28.6. The summed E-state index contributed by atoms with van der Waals surface area (Å²) in [5.41, 5.74) is -1.35. The summed E-state index contributed by atoms with van der Waals surface area (Å²) in [5.74, 6) is -2.99. The maximum absolute atomic E-state index is 14.4. The second-order valence-corrected chi connectivity index (χ2v) is 17.1. The predicted molar refractivity (Wildman–Crippen MR) is 178 cm³/mol. The average molecular weight is 736 g/mol. The zero-order valence-electron chi connectivity index (χ0n) is 29.1. The molecule has 0 bridgehead atoms. The van der Waals surface area contributed by atoms with Gasteiger partial charge in [0.1, 0.15) is 35.1 Å². The van der Waals surface area contributed by atoms with Crippen LogP contribution in [-0.4, -0.2) is 102 Å². The summed E-state index contributed by atoms with van der Waals surface area (Å²) in [4.78, 5) is 70.7. The van der Waals surface area contributed by atoms with Gasteiger partial charge in [-0.2, -0.15) is 0 Å². The van der Waals surface area contributed by atoms with Gasteiger partial charge in [-0.15, -0.1) is 0 Å². The molecule has 2 saturated heterocycles. The van der Waals surface area contributed by atoms with Crippen LogP contribution in [0, 0.1) is 11.7 Å². The summed E-state index contributed by atoms with van der Waals surface area (Å²) >= 11 is 0. The van der Waals surface area contributed by atoms with Crippen molar-refractivity contribution in [1.29, 1.82) is 0 Å². The molecule has 280 valence electrons. The number of fused-ring (bicyclic) bond motifs is 3. The average Bonchev–Trinajstić information content (AvgIpc) is 3.93. The molecule has 17 heteroatoms. The van der Waals surface area contributed by atoms with E-state index in [1.807, 2.05) is 0 Å². The number of ether oxygens (including phenoxy) is 3. The van der Waals surface area contributed by atoms with Crippen LogP contribution < -0.4 is 15.4 Å². The molecule has 1 aromatic carbocycles. The molecule has 6 rings (SSSR count). The van der Waals surface area contributed by atoms with Gasteiger partial charge in [0.25, 0.3) is 5.91 Å². The Hall–Kier alpha value is -3.99. The maximum Gasteiger partial charge on any atom is 0.410 e. The number of halogens is 1. The van der Waals surface area contributed by atoms with E-state index in [1.165, 1.54) is 15.9 Å². The lowest BCUT2D eigenvalue weighted by Gasteiger charge is -2.30. The molecule has 5 atom stereocenters. The van der Waals surface area contributed by atoms with Crippen LogP contribution >= 0.6 is 0 Å². The molecule has 5 aliphatic rings. The fourth-order valence-corrected chi connectivity index (χ4v) is 8.42. The van der Waals surface area contributed by atoms with E-state index in [9.17, 15) is 36.8 Å². The first-order valence-electron chi connectivity index (χ1n) is 17.5. The zero-order chi connectivity index (χ0) is 36.7. The van der Waals surface area contributed by atoms with Crippen molar-refractivity contribution in [2.45, 2.75) is 120 Å². The number of nitrogens with zero attached hydrogens (tertiary/aromatic N) is 2. The highest BCUT2D eigenvalue weighted by atomic mass is 32.2. The molecule has 3 aliphatic heterocycles. The molecule has 2 saturated carbocycles. The highest BCUT2D eigenvalue weighted by Gasteiger charge is 2.62. The number of carbonyl (C=O) groups excluding carboxylic acids is 5. The maximum atomic E-state index is 14.4. The van der Waals surface area contributed by atoms with Crippen LogP contribution in [0.5, 0.6) is 0 Å². The standard InChI is InChI=1S/C34H46FN5O10S/c1-33(2,3)50-31(44)36-26-12-14-48-13-5-4-8-21-16-34(21,30(43)38-51(46,47)23-10-11-23)37-28(41)27-15-22(18-40(27)29(26)42)49-32(45)39-17-20-7-6-9-25(35)24(20)19-39/h6-7,9,21-23,26-27H,4-5,8,10-19H2,1-3H3,(H,36,44)(H,37,41)(H,38,43)/t21-,22-,26-,27+,34-/m1/s1. The second kappa shape index (κ2) is 14.2. The monoisotopic (exact) mass is 735 g/mol.